The van der Waals surface area contributed by atoms with Gasteiger partial charge in [0, 0.05) is 6.57 Å². The second-order valence-electron chi connectivity index (χ2n) is 1.08. The first-order valence-corrected chi connectivity index (χ1v) is 2.17. The van der Waals surface area contributed by atoms with Crippen LogP contribution in [0.25, 0.3) is 0 Å². The lowest BCUT2D eigenvalue weighted by atomic mass is 10.4. The molecule has 0 aromatic heterocycles. The van der Waals surface area contributed by atoms with Crippen LogP contribution in [0.15, 0.2) is 30.3 Å². The molecule has 0 heterocycles. The Morgan fingerprint density at radius 1 is 1.00 bits per heavy atom. The van der Waals surface area contributed by atoms with Crippen LogP contribution in [0.3, 0.4) is 0 Å². The van der Waals surface area contributed by atoms with Crippen LogP contribution in [0.1, 0.15) is 0 Å². The molecule has 0 amide bonds. The van der Waals surface area contributed by atoms with Crippen LogP contribution in [0.5, 0.6) is 0 Å². The van der Waals surface area contributed by atoms with Gasteiger partial charge in [-0.15, -0.1) is 0 Å². The van der Waals surface area contributed by atoms with Crippen molar-refractivity contribution in [1.82, 2.24) is 0 Å². The molecule has 0 saturated heterocycles. The molecule has 0 aliphatic carbocycles. The number of benzene rings is 1. The standard InChI is InChI=1S/C6H5.CHN/c1-2-4-6-5-3-1;1-2/h1-5H;1H. The fourth-order valence-corrected chi connectivity index (χ4v) is 0.342. The van der Waals surface area contributed by atoms with Gasteiger partial charge in [-0.05, 0) is 6.07 Å². The molecule has 1 nitrogen and oxygen atoms in total. The zero-order chi connectivity index (χ0) is 6.24. The van der Waals surface area contributed by atoms with Gasteiger partial charge in [-0.25, -0.2) is 5.26 Å². The van der Waals surface area contributed by atoms with E-state index in [0.717, 1.165) is 0 Å². The first-order chi connectivity index (χ1) is 4.00. The maximum absolute atomic E-state index is 6.50. The Morgan fingerprint density at radius 2 is 1.50 bits per heavy atom. The third-order valence-electron chi connectivity index (χ3n) is 0.607. The van der Waals surface area contributed by atoms with Crippen molar-refractivity contribution in [3.63, 3.8) is 0 Å². The Morgan fingerprint density at radius 3 is 1.62 bits per heavy atom. The highest BCUT2D eigenvalue weighted by atomic mass is 14.2. The zero-order valence-electron chi connectivity index (χ0n) is 4.41. The molecule has 0 spiro atoms. The van der Waals surface area contributed by atoms with Crippen LogP contribution in [-0.2, 0) is 0 Å². The number of hydrogen-bond acceptors (Lipinski definition) is 1. The van der Waals surface area contributed by atoms with Crippen LogP contribution in [0.4, 0.5) is 0 Å². The van der Waals surface area contributed by atoms with Gasteiger partial charge in [-0.1, -0.05) is 30.3 Å². The largest absolute Gasteiger partial charge is 0.202 e. The summed E-state index contributed by atoms with van der Waals surface area (Å²) in [5.41, 5.74) is 0. The molecule has 0 saturated carbocycles. The van der Waals surface area contributed by atoms with E-state index in [0.29, 0.717) is 0 Å². The molecule has 0 aliphatic rings. The molecule has 0 fully saturated rings. The Balaban J connectivity index is 0.000000222. The summed E-state index contributed by atoms with van der Waals surface area (Å²) in [4.78, 5) is 0. The molecular weight excluding hydrogens is 98.1 g/mol. The summed E-state index contributed by atoms with van der Waals surface area (Å²) in [6.07, 6.45) is 0. The van der Waals surface area contributed by atoms with Crippen molar-refractivity contribution in [2.24, 2.45) is 0 Å². The van der Waals surface area contributed by atoms with Gasteiger partial charge in [0.2, 0.25) is 0 Å². The molecule has 1 radical (unpaired) electrons. The summed E-state index contributed by atoms with van der Waals surface area (Å²) >= 11 is 0. The highest BCUT2D eigenvalue weighted by Gasteiger charge is 1.58. The predicted molar refractivity (Wildman–Crippen MR) is 31.9 cm³/mol. The first-order valence-electron chi connectivity index (χ1n) is 2.17. The number of nitriles is 1. The smallest absolute Gasteiger partial charge is 0.0462 e. The maximum atomic E-state index is 6.50. The normalized spacial score (nSPS) is 6.25. The van der Waals surface area contributed by atoms with Gasteiger partial charge in [-0.3, -0.25) is 0 Å². The minimum atomic E-state index is 1.88. The molecule has 0 aliphatic heterocycles. The van der Waals surface area contributed by atoms with Crippen molar-refractivity contribution < 1.29 is 0 Å². The summed E-state index contributed by atoms with van der Waals surface area (Å²) in [7, 11) is 0. The summed E-state index contributed by atoms with van der Waals surface area (Å²) in [5, 5.41) is 6.50. The fraction of sp³-hybridized carbons (Fsp3) is 0. The Labute approximate surface area is 49.2 Å². The number of nitrogens with zero attached hydrogens (tertiary/aromatic N) is 1. The van der Waals surface area contributed by atoms with Crippen LogP contribution in [0, 0.1) is 17.9 Å². The van der Waals surface area contributed by atoms with E-state index in [1.54, 1.807) is 0 Å². The lowest BCUT2D eigenvalue weighted by molar-refractivity contribution is 1.58. The minimum Gasteiger partial charge on any atom is -0.202 e. The van der Waals surface area contributed by atoms with Gasteiger partial charge in [0.05, 0.1) is 0 Å². The number of rotatable bonds is 0. The Bertz CT molecular complexity index is 105. The molecule has 1 heteroatoms. The van der Waals surface area contributed by atoms with E-state index in [1.165, 1.54) is 0 Å². The van der Waals surface area contributed by atoms with Crippen LogP contribution in [-0.4, -0.2) is 0 Å². The second kappa shape index (κ2) is 5.71. The minimum absolute atomic E-state index is 1.88. The third kappa shape index (κ3) is 2.92. The van der Waals surface area contributed by atoms with E-state index in [1.807, 2.05) is 30.3 Å². The van der Waals surface area contributed by atoms with E-state index in [9.17, 15) is 0 Å². The van der Waals surface area contributed by atoms with Gasteiger partial charge < -0.3 is 0 Å². The van der Waals surface area contributed by atoms with Gasteiger partial charge in [-0.2, -0.15) is 0 Å². The Kier molecular flexibility index (Phi) is 4.79. The average Bonchev–Trinajstić information content (AvgIpc) is 1.96. The highest BCUT2D eigenvalue weighted by molar-refractivity contribution is 4.97. The van der Waals surface area contributed by atoms with Crippen molar-refractivity contribution in [1.29, 1.82) is 5.26 Å². The lowest BCUT2D eigenvalue weighted by Crippen LogP contribution is -1.49. The lowest BCUT2D eigenvalue weighted by Gasteiger charge is -1.68. The topological polar surface area (TPSA) is 23.8 Å². The summed E-state index contributed by atoms with van der Waals surface area (Å²) in [6, 6.07) is 12.5. The average molecular weight is 104 g/mol. The zero-order valence-corrected chi connectivity index (χ0v) is 4.41. The van der Waals surface area contributed by atoms with E-state index < -0.39 is 0 Å². The van der Waals surface area contributed by atoms with E-state index in [4.69, 9.17) is 5.26 Å². The molecule has 39 valence electrons. The molecule has 0 bridgehead atoms. The van der Waals surface area contributed by atoms with Gasteiger partial charge in [0.25, 0.3) is 0 Å². The molecule has 1 aromatic rings. The molecule has 0 N–H and O–H groups in total. The van der Waals surface area contributed by atoms with Crippen LogP contribution >= 0.6 is 0 Å². The Hall–Kier alpha value is -1.29. The summed E-state index contributed by atoms with van der Waals surface area (Å²) in [5.74, 6) is 0. The molecular formula is C7H6N. The molecule has 1 rings (SSSR count). The van der Waals surface area contributed by atoms with E-state index >= 15 is 0 Å². The van der Waals surface area contributed by atoms with Crippen LogP contribution in [0.2, 0.25) is 0 Å². The van der Waals surface area contributed by atoms with E-state index in [2.05, 4.69) is 12.6 Å². The van der Waals surface area contributed by atoms with Crippen LogP contribution < -0.4 is 0 Å². The van der Waals surface area contributed by atoms with Crippen molar-refractivity contribution in [2.75, 3.05) is 0 Å². The molecule has 8 heavy (non-hydrogen) atoms. The number of hydrogen-bond donors (Lipinski definition) is 0. The highest BCUT2D eigenvalue weighted by Crippen LogP contribution is 1.78. The maximum Gasteiger partial charge on any atom is 0.0462 e. The van der Waals surface area contributed by atoms with Gasteiger partial charge in [0.15, 0.2) is 0 Å². The summed E-state index contributed by atoms with van der Waals surface area (Å²) < 4.78 is 0. The first kappa shape index (κ1) is 6.71. The van der Waals surface area contributed by atoms with E-state index in [-0.39, 0.29) is 0 Å². The SMILES string of the molecule is C#N.[c]1ccccc1. The molecule has 1 aromatic carbocycles. The third-order valence-corrected chi connectivity index (χ3v) is 0.607. The molecule has 0 atom stereocenters. The quantitative estimate of drug-likeness (QED) is 0.490. The van der Waals surface area contributed by atoms with Crippen molar-refractivity contribution in [2.45, 2.75) is 0 Å². The monoisotopic (exact) mass is 104 g/mol. The fourth-order valence-electron chi connectivity index (χ4n) is 0.342. The van der Waals surface area contributed by atoms with Crippen molar-refractivity contribution in [3.05, 3.63) is 36.4 Å². The van der Waals surface area contributed by atoms with Gasteiger partial charge in [0.1, 0.15) is 0 Å². The second-order valence-corrected chi connectivity index (χ2v) is 1.08. The molecule has 0 unspecified atom stereocenters. The summed E-state index contributed by atoms with van der Waals surface area (Å²) in [6.45, 7) is 3.50. The van der Waals surface area contributed by atoms with Crippen molar-refractivity contribution in [3.8, 4) is 6.57 Å². The van der Waals surface area contributed by atoms with Crippen molar-refractivity contribution >= 4 is 0 Å². The predicted octanol–water partition coefficient (Wildman–Crippen LogP) is 1.63. The van der Waals surface area contributed by atoms with Gasteiger partial charge >= 0.3 is 0 Å².